The molecule has 34 heavy (non-hydrogen) atoms. The van der Waals surface area contributed by atoms with Crippen molar-refractivity contribution in [2.45, 2.75) is 20.4 Å². The number of oxazole rings is 1. The second-order valence-corrected chi connectivity index (χ2v) is 7.82. The summed E-state index contributed by atoms with van der Waals surface area (Å²) in [7, 11) is 3.11. The molecule has 0 atom stereocenters. The van der Waals surface area contributed by atoms with E-state index in [4.69, 9.17) is 31.2 Å². The maximum Gasteiger partial charge on any atom is 0.280 e. The van der Waals surface area contributed by atoms with Gasteiger partial charge in [-0.2, -0.15) is 0 Å². The molecule has 0 spiro atoms. The molecule has 10 nitrogen and oxygen atoms in total. The Labute approximate surface area is 200 Å². The molecule has 2 aromatic heterocycles. The summed E-state index contributed by atoms with van der Waals surface area (Å²) >= 11 is 6.13. The molecule has 0 bridgehead atoms. The van der Waals surface area contributed by atoms with Gasteiger partial charge in [-0.15, -0.1) is 5.10 Å². The number of anilines is 2. The third-order valence-corrected chi connectivity index (χ3v) is 5.74. The van der Waals surface area contributed by atoms with Crippen LogP contribution >= 0.6 is 11.6 Å². The molecular weight excluding hydrogens is 460 g/mol. The predicted molar refractivity (Wildman–Crippen MR) is 127 cm³/mol. The van der Waals surface area contributed by atoms with Gasteiger partial charge in [-0.3, -0.25) is 4.79 Å². The van der Waals surface area contributed by atoms with Crippen LogP contribution in [0.4, 0.5) is 11.5 Å². The van der Waals surface area contributed by atoms with Crippen LogP contribution < -0.4 is 20.5 Å². The van der Waals surface area contributed by atoms with Crippen molar-refractivity contribution in [3.63, 3.8) is 0 Å². The van der Waals surface area contributed by atoms with Crippen molar-refractivity contribution in [1.29, 1.82) is 0 Å². The SMILES string of the molecule is COc1cccc(-c2nc(Cn3nnc(C(=O)Nc4cccc(Cl)c4C)c3N)c(C)o2)c1OC. The number of rotatable bonds is 7. The minimum Gasteiger partial charge on any atom is -0.493 e. The molecule has 4 rings (SSSR count). The number of nitrogens with one attached hydrogen (secondary N) is 1. The van der Waals surface area contributed by atoms with Gasteiger partial charge in [0.05, 0.1) is 26.3 Å². The molecule has 0 fully saturated rings. The van der Waals surface area contributed by atoms with E-state index in [9.17, 15) is 4.79 Å². The number of methoxy groups -OCH3 is 2. The number of aryl methyl sites for hydroxylation is 1. The summed E-state index contributed by atoms with van der Waals surface area (Å²) < 4.78 is 18.1. The third kappa shape index (κ3) is 4.27. The second kappa shape index (κ2) is 9.44. The molecule has 11 heteroatoms. The lowest BCUT2D eigenvalue weighted by atomic mass is 10.2. The van der Waals surface area contributed by atoms with Gasteiger partial charge in [0.1, 0.15) is 11.5 Å². The number of carbonyl (C=O) groups is 1. The van der Waals surface area contributed by atoms with Gasteiger partial charge in [0.15, 0.2) is 23.0 Å². The molecule has 0 saturated heterocycles. The molecule has 0 aliphatic rings. The Morgan fingerprint density at radius 2 is 1.94 bits per heavy atom. The lowest BCUT2D eigenvalue weighted by Gasteiger charge is -2.10. The average molecular weight is 483 g/mol. The van der Waals surface area contributed by atoms with Crippen LogP contribution in [0.3, 0.4) is 0 Å². The topological polar surface area (TPSA) is 130 Å². The minimum atomic E-state index is -0.493. The number of nitrogens with two attached hydrogens (primary N) is 1. The molecule has 3 N–H and O–H groups in total. The third-order valence-electron chi connectivity index (χ3n) is 5.33. The number of amides is 1. The summed E-state index contributed by atoms with van der Waals surface area (Å²) in [5.74, 6) is 1.59. The molecule has 0 radical (unpaired) electrons. The molecule has 2 aromatic carbocycles. The van der Waals surface area contributed by atoms with Crippen LogP contribution in [-0.4, -0.2) is 40.1 Å². The number of carbonyl (C=O) groups excluding carboxylic acids is 1. The number of nitrogen functional groups attached to an aromatic ring is 1. The van der Waals surface area contributed by atoms with Crippen LogP contribution in [0, 0.1) is 13.8 Å². The fourth-order valence-corrected chi connectivity index (χ4v) is 3.59. The van der Waals surface area contributed by atoms with Crippen molar-refractivity contribution in [1.82, 2.24) is 20.0 Å². The number of nitrogens with zero attached hydrogens (tertiary/aromatic N) is 4. The van der Waals surface area contributed by atoms with Crippen molar-refractivity contribution in [2.75, 3.05) is 25.3 Å². The van der Waals surface area contributed by atoms with Crippen molar-refractivity contribution in [2.24, 2.45) is 0 Å². The number of halogens is 1. The Morgan fingerprint density at radius 3 is 2.68 bits per heavy atom. The first-order valence-electron chi connectivity index (χ1n) is 10.3. The van der Waals surface area contributed by atoms with E-state index >= 15 is 0 Å². The van der Waals surface area contributed by atoms with Crippen LogP contribution in [0.5, 0.6) is 11.5 Å². The lowest BCUT2D eigenvalue weighted by molar-refractivity contribution is 0.102. The fraction of sp³-hybridized carbons (Fsp3) is 0.217. The highest BCUT2D eigenvalue weighted by Gasteiger charge is 2.22. The van der Waals surface area contributed by atoms with Crippen LogP contribution in [0.15, 0.2) is 40.8 Å². The zero-order valence-corrected chi connectivity index (χ0v) is 19.8. The van der Waals surface area contributed by atoms with Crippen molar-refractivity contribution in [3.8, 4) is 23.0 Å². The van der Waals surface area contributed by atoms with E-state index in [1.807, 2.05) is 12.1 Å². The van der Waals surface area contributed by atoms with Crippen LogP contribution in [0.2, 0.25) is 5.02 Å². The van der Waals surface area contributed by atoms with Crippen LogP contribution in [0.25, 0.3) is 11.5 Å². The number of benzene rings is 2. The lowest BCUT2D eigenvalue weighted by Crippen LogP contribution is -2.16. The summed E-state index contributed by atoms with van der Waals surface area (Å²) in [4.78, 5) is 17.3. The van der Waals surface area contributed by atoms with Gasteiger partial charge >= 0.3 is 0 Å². The molecular formula is C23H23ClN6O4. The second-order valence-electron chi connectivity index (χ2n) is 7.41. The Morgan fingerprint density at radius 1 is 1.18 bits per heavy atom. The Balaban J connectivity index is 1.58. The van der Waals surface area contributed by atoms with E-state index < -0.39 is 5.91 Å². The van der Waals surface area contributed by atoms with Gasteiger partial charge in [-0.1, -0.05) is 28.9 Å². The molecule has 0 aliphatic heterocycles. The van der Waals surface area contributed by atoms with Crippen molar-refractivity contribution in [3.05, 3.63) is 64.1 Å². The molecule has 2 heterocycles. The number of para-hydroxylation sites is 1. The van der Waals surface area contributed by atoms with E-state index in [1.165, 1.54) is 4.68 Å². The molecule has 176 valence electrons. The van der Waals surface area contributed by atoms with Gasteiger partial charge < -0.3 is 24.9 Å². The summed E-state index contributed by atoms with van der Waals surface area (Å²) in [6.45, 7) is 3.74. The first-order chi connectivity index (χ1) is 16.3. The number of aromatic nitrogens is 4. The van der Waals surface area contributed by atoms with Gasteiger partial charge in [0.2, 0.25) is 5.89 Å². The first kappa shape index (κ1) is 23.1. The van der Waals surface area contributed by atoms with Crippen LogP contribution in [-0.2, 0) is 6.54 Å². The highest BCUT2D eigenvalue weighted by molar-refractivity contribution is 6.31. The summed E-state index contributed by atoms with van der Waals surface area (Å²) in [6, 6.07) is 10.7. The highest BCUT2D eigenvalue weighted by atomic mass is 35.5. The smallest absolute Gasteiger partial charge is 0.280 e. The fourth-order valence-electron chi connectivity index (χ4n) is 3.41. The number of hydrogen-bond acceptors (Lipinski definition) is 8. The monoisotopic (exact) mass is 482 g/mol. The molecule has 0 saturated carbocycles. The van der Waals surface area contributed by atoms with Gasteiger partial charge in [-0.05, 0) is 43.7 Å². The zero-order chi connectivity index (χ0) is 24.4. The molecule has 1 amide bonds. The minimum absolute atomic E-state index is 0.00443. The Bertz CT molecular complexity index is 1360. The predicted octanol–water partition coefficient (Wildman–Crippen LogP) is 4.10. The quantitative estimate of drug-likeness (QED) is 0.402. The molecule has 4 aromatic rings. The van der Waals surface area contributed by atoms with Crippen molar-refractivity contribution < 1.29 is 18.7 Å². The standard InChI is InChI=1S/C23H23ClN6O4/c1-12-15(24)8-6-9-16(12)26-22(31)19-21(25)30(29-28-19)11-17-13(2)34-23(27-17)14-7-5-10-18(32-3)20(14)33-4/h5-10H,11,25H2,1-4H3,(H,26,31). The van der Waals surface area contributed by atoms with Gasteiger partial charge in [0.25, 0.3) is 5.91 Å². The summed E-state index contributed by atoms with van der Waals surface area (Å²) in [6.07, 6.45) is 0. The summed E-state index contributed by atoms with van der Waals surface area (Å²) in [5, 5.41) is 11.3. The van der Waals surface area contributed by atoms with Gasteiger partial charge in [0, 0.05) is 10.7 Å². The maximum atomic E-state index is 12.7. The zero-order valence-electron chi connectivity index (χ0n) is 19.0. The van der Waals surface area contributed by atoms with E-state index in [-0.39, 0.29) is 18.1 Å². The first-order valence-corrected chi connectivity index (χ1v) is 10.6. The molecule has 0 unspecified atom stereocenters. The van der Waals surface area contributed by atoms with E-state index in [1.54, 1.807) is 52.3 Å². The van der Waals surface area contributed by atoms with E-state index in [2.05, 4.69) is 20.6 Å². The maximum absolute atomic E-state index is 12.7. The Hall–Kier alpha value is -4.05. The largest absolute Gasteiger partial charge is 0.493 e. The Kier molecular flexibility index (Phi) is 6.42. The highest BCUT2D eigenvalue weighted by Crippen LogP contribution is 2.38. The summed E-state index contributed by atoms with van der Waals surface area (Å²) in [5.41, 5.74) is 8.70. The number of ether oxygens (including phenoxy) is 2. The number of hydrogen-bond donors (Lipinski definition) is 2. The van der Waals surface area contributed by atoms with Gasteiger partial charge in [-0.25, -0.2) is 9.67 Å². The average Bonchev–Trinajstić information content (AvgIpc) is 3.38. The van der Waals surface area contributed by atoms with Crippen molar-refractivity contribution >= 4 is 29.0 Å². The van der Waals surface area contributed by atoms with E-state index in [0.717, 1.165) is 5.56 Å². The normalized spacial score (nSPS) is 10.9. The van der Waals surface area contributed by atoms with E-state index in [0.29, 0.717) is 45.1 Å². The van der Waals surface area contributed by atoms with Crippen LogP contribution in [0.1, 0.15) is 27.5 Å². The molecule has 0 aliphatic carbocycles.